The van der Waals surface area contributed by atoms with Crippen LogP contribution in [0, 0.1) is 0 Å². The molecule has 0 aliphatic carbocycles. The molecule has 0 amide bonds. The fourth-order valence-corrected chi connectivity index (χ4v) is 25.6. The van der Waals surface area contributed by atoms with Gasteiger partial charge in [-0.2, -0.15) is 0 Å². The van der Waals surface area contributed by atoms with Crippen LogP contribution >= 0.6 is 76.0 Å². The summed E-state index contributed by atoms with van der Waals surface area (Å²) in [5, 5.41) is 32.8. The molecule has 25 N–H and O–H groups in total. The van der Waals surface area contributed by atoms with Crippen LogP contribution in [0.4, 0.5) is 0 Å². The molecule has 0 unspecified atom stereocenters. The van der Waals surface area contributed by atoms with Crippen LogP contribution < -0.4 is 23.7 Å². The molecule has 60 heteroatoms. The van der Waals surface area contributed by atoms with Crippen molar-refractivity contribution < 1.29 is 193 Å². The van der Waals surface area contributed by atoms with Gasteiger partial charge in [0.2, 0.25) is 0 Å². The van der Waals surface area contributed by atoms with E-state index in [1.807, 2.05) is 0 Å². The van der Waals surface area contributed by atoms with Gasteiger partial charge in [0.25, 0.3) is 25.4 Å². The average Bonchev–Trinajstić information content (AvgIpc) is 1.36. The summed E-state index contributed by atoms with van der Waals surface area (Å²) in [4.78, 5) is 206. The van der Waals surface area contributed by atoms with Crippen molar-refractivity contribution in [3.05, 3.63) is 123 Å². The Hall–Kier alpha value is -6.25. The minimum Gasteiger partial charge on any atom is -0.494 e. The van der Waals surface area contributed by atoms with Crippen molar-refractivity contribution in [2.75, 3.05) is 33.0 Å². The first kappa shape index (κ1) is 132. The molecular formula is C90H150N10O40P10. The van der Waals surface area contributed by atoms with Gasteiger partial charge in [0, 0.05) is 30.3 Å². The fourth-order valence-electron chi connectivity index (χ4n) is 15.5. The first-order valence-electron chi connectivity index (χ1n) is 49.5. The summed E-state index contributed by atoms with van der Waals surface area (Å²) >= 11 is 0. The number of aliphatic hydroxyl groups is 5. The molecular weight excluding hydrogens is 2170 g/mol. The van der Waals surface area contributed by atoms with E-state index in [1.165, 1.54) is 154 Å². The Morgan fingerprint density at radius 1 is 0.200 bits per heavy atom. The zero-order valence-electron chi connectivity index (χ0n) is 84.6. The quantitative estimate of drug-likeness (QED) is 0.0124. The predicted molar refractivity (Wildman–Crippen MR) is 561 cm³/mol. The van der Waals surface area contributed by atoms with Gasteiger partial charge in [-0.05, 0) is 92.8 Å². The first-order chi connectivity index (χ1) is 70.0. The molecule has 0 aliphatic heterocycles. The van der Waals surface area contributed by atoms with Gasteiger partial charge in [0.15, 0.2) is 0 Å². The molecule has 0 saturated heterocycles. The SMILES string of the molecule is CCCCCCCCCCCOc1ccc2c(c1)ncn2CC(O)(P(=O)(O)O)P(=O)(O)O.CCCCCCCCCCOc1ccc2c(c1)ncn2CC(O)(P(=O)(O)O)P(=O)(O)O.CCCCCCCCCOc1ccc2c(c1)ncn2CC(O)(P(=O)(O)O)P(=O)(O)O.CCCCCCCCOc1ccc2c(c1)ncn2CC(O)(P(=O)(O)O)P(=O)(O)O.CCCCCCCOc1ccc2c(c1)ncn2CC(O)(P(=O)(O)O)P(=O)(O)O. The molecule has 5 heterocycles. The standard InChI is InChI=1S/C20H34N2O8P2.C19H32N2O8P2.C18H30N2O8P2.C17H28N2O8P2.C16H26N2O8P2/c1-2-3-4-5-6-7-8-9-10-13-30-17-11-12-19-18(14-17)21-16-22(19)15-20(23,31(24,25)26)32(27,28)29;1-2-3-4-5-6-7-8-9-12-29-16-10-11-18-17(13-16)20-15-21(18)14-19(22,30(23,24)25)31(26,27)28;1-2-3-4-5-6-7-8-11-28-15-9-10-17-16(12-15)19-14-20(17)13-18(21,29(22,23)24)30(25,26)27;1-2-3-4-5-6-7-10-27-14-8-9-16-15(11-14)18-13-19(16)12-17(20,28(21,22)23)29(24,25)26;1-2-3-4-5-6-9-26-13-7-8-15-14(10-13)17-12-18(15)11-16(19,27(20,21)22)28(23,24)25/h11-12,14,16,23H,2-10,13,15H2,1H3,(H2,24,25,26)(H2,27,28,29);10-11,13,15,22H,2-9,12,14H2,1H3,(H2,23,24,25)(H2,26,27,28);9-10,12,14,21H,2-8,11,13H2,1H3,(H2,22,23,24)(H2,25,26,27);8-9,11,13,20H,2-7,10,12H2,1H3,(H2,21,22,23)(H2,24,25,26);7-8,10,12,19H,2-6,9,11H2,1H3,(H2,20,21,22)(H2,23,24,25). The lowest BCUT2D eigenvalue weighted by Gasteiger charge is -2.29. The largest absolute Gasteiger partial charge is 0.494 e. The summed E-state index contributed by atoms with van der Waals surface area (Å²) in [6, 6.07) is 24.1. The van der Waals surface area contributed by atoms with Crippen LogP contribution in [0.2, 0.25) is 0 Å². The number of unbranched alkanes of at least 4 members (excludes halogenated alkanes) is 30. The van der Waals surface area contributed by atoms with E-state index >= 15 is 0 Å². The maximum Gasteiger partial charge on any atom is 0.371 e. The van der Waals surface area contributed by atoms with E-state index in [1.54, 1.807) is 91.0 Å². The molecule has 0 saturated carbocycles. The van der Waals surface area contributed by atoms with Crippen LogP contribution in [-0.2, 0) is 78.4 Å². The zero-order chi connectivity index (χ0) is 112. The highest BCUT2D eigenvalue weighted by atomic mass is 31.3. The number of hydrogen-bond donors (Lipinski definition) is 25. The highest BCUT2D eigenvalue weighted by molar-refractivity contribution is 7.74. The van der Waals surface area contributed by atoms with Gasteiger partial charge in [0.05, 0.1) is 153 Å². The van der Waals surface area contributed by atoms with E-state index in [0.717, 1.165) is 125 Å². The summed E-state index contributed by atoms with van der Waals surface area (Å²) in [6.45, 7) is 8.57. The van der Waals surface area contributed by atoms with Gasteiger partial charge in [-0.15, -0.1) is 0 Å². The molecule has 10 aromatic rings. The fraction of sp³-hybridized carbons (Fsp3) is 0.611. The van der Waals surface area contributed by atoms with Gasteiger partial charge in [0.1, 0.15) is 28.7 Å². The number of fused-ring (bicyclic) bond motifs is 5. The molecule has 0 atom stereocenters. The van der Waals surface area contributed by atoms with Crippen LogP contribution in [0.5, 0.6) is 28.7 Å². The molecule has 850 valence electrons. The lowest BCUT2D eigenvalue weighted by atomic mass is 10.1. The first-order valence-corrected chi connectivity index (χ1v) is 65.7. The minimum atomic E-state index is -5.55. The molecule has 0 fully saturated rings. The molecule has 5 aromatic carbocycles. The van der Waals surface area contributed by atoms with E-state index < -0.39 is 134 Å². The number of rotatable bonds is 65. The summed E-state index contributed by atoms with van der Waals surface area (Å²) in [7, 11) is -55.5. The second kappa shape index (κ2) is 59.9. The van der Waals surface area contributed by atoms with E-state index in [-0.39, 0.29) is 0 Å². The highest BCUT2D eigenvalue weighted by Gasteiger charge is 2.64. The van der Waals surface area contributed by atoms with Crippen LogP contribution in [0.25, 0.3) is 55.2 Å². The highest BCUT2D eigenvalue weighted by Crippen LogP contribution is 2.72. The molecule has 0 radical (unpaired) electrons. The molecule has 10 rings (SSSR count). The maximum absolute atomic E-state index is 11.6. The van der Waals surface area contributed by atoms with Crippen LogP contribution in [-0.4, -0.2) is 230 Å². The predicted octanol–water partition coefficient (Wildman–Crippen LogP) is 15.8. The number of nitrogens with zero attached hydrogens (tertiary/aromatic N) is 10. The van der Waals surface area contributed by atoms with Crippen molar-refractivity contribution in [3.63, 3.8) is 0 Å². The Kier molecular flexibility index (Phi) is 52.9. The number of ether oxygens (including phenoxy) is 5. The number of benzene rings is 5. The second-order valence-corrected chi connectivity index (χ2v) is 56.8. The van der Waals surface area contributed by atoms with Crippen molar-refractivity contribution in [3.8, 4) is 28.7 Å². The van der Waals surface area contributed by atoms with Gasteiger partial charge >= 0.3 is 76.0 Å². The van der Waals surface area contributed by atoms with E-state index in [0.29, 0.717) is 117 Å². The second-order valence-electron chi connectivity index (χ2n) is 36.8. The van der Waals surface area contributed by atoms with E-state index in [9.17, 15) is 169 Å². The molecule has 150 heavy (non-hydrogen) atoms. The summed E-state index contributed by atoms with van der Waals surface area (Å²) in [5.74, 6) is 2.84. The number of aromatic nitrogens is 10. The van der Waals surface area contributed by atoms with Crippen molar-refractivity contribution in [2.45, 2.75) is 317 Å². The Bertz CT molecular complexity index is 6230. The maximum atomic E-state index is 11.6. The van der Waals surface area contributed by atoms with Gasteiger partial charge < -0.3 is 170 Å². The Labute approximate surface area is 868 Å². The lowest BCUT2D eigenvalue weighted by molar-refractivity contribution is 0.116. The number of hydrogen-bond acceptors (Lipinski definition) is 25. The molecule has 5 aromatic heterocycles. The summed E-state index contributed by atoms with van der Waals surface area (Å²) < 4.78 is 150. The molecule has 0 bridgehead atoms. The van der Waals surface area contributed by atoms with Crippen molar-refractivity contribution in [2.24, 2.45) is 0 Å². The Morgan fingerprint density at radius 3 is 0.440 bits per heavy atom. The monoisotopic (exact) mass is 2320 g/mol. The number of imidazole rings is 5. The van der Waals surface area contributed by atoms with Crippen LogP contribution in [0.1, 0.15) is 259 Å². The van der Waals surface area contributed by atoms with Crippen molar-refractivity contribution in [1.82, 2.24) is 47.8 Å². The van der Waals surface area contributed by atoms with Gasteiger partial charge in [-0.1, -0.05) is 227 Å². The third kappa shape index (κ3) is 38.9. The van der Waals surface area contributed by atoms with E-state index in [2.05, 4.69) is 59.5 Å². The summed E-state index contributed by atoms with van der Waals surface area (Å²) in [6.07, 6.45) is 46.7. The molecule has 0 aliphatic rings. The van der Waals surface area contributed by atoms with Gasteiger partial charge in [-0.3, -0.25) is 45.7 Å². The molecule has 0 spiro atoms. The van der Waals surface area contributed by atoms with Crippen LogP contribution in [0.3, 0.4) is 0 Å². The smallest absolute Gasteiger partial charge is 0.371 e. The zero-order valence-corrected chi connectivity index (χ0v) is 93.6. The van der Waals surface area contributed by atoms with Crippen molar-refractivity contribution in [1.29, 1.82) is 0 Å². The average molecular weight is 2320 g/mol. The third-order valence-corrected chi connectivity index (χ3v) is 43.2. The lowest BCUT2D eigenvalue weighted by Crippen LogP contribution is -2.33. The topological polar surface area (TPSA) is 812 Å². The van der Waals surface area contributed by atoms with Crippen molar-refractivity contribution >= 4 is 131 Å². The summed E-state index contributed by atoms with van der Waals surface area (Å²) in [5.41, 5.74) is 3.77. The Balaban J connectivity index is 0.000000286. The minimum absolute atomic E-state index is 0.343. The third-order valence-electron chi connectivity index (χ3n) is 24.6. The van der Waals surface area contributed by atoms with Gasteiger partial charge in [-0.25, -0.2) is 24.9 Å². The molecule has 50 nitrogen and oxygen atoms in total. The van der Waals surface area contributed by atoms with Crippen LogP contribution in [0.15, 0.2) is 123 Å². The normalized spacial score (nSPS) is 13.1. The van der Waals surface area contributed by atoms with E-state index in [4.69, 9.17) is 23.7 Å². The Morgan fingerprint density at radius 2 is 0.320 bits per heavy atom.